The van der Waals surface area contributed by atoms with Crippen LogP contribution in [0.1, 0.15) is 16.7 Å². The van der Waals surface area contributed by atoms with Crippen LogP contribution in [-0.4, -0.2) is 13.3 Å². The molecule has 0 fully saturated rings. The summed E-state index contributed by atoms with van der Waals surface area (Å²) in [5, 5.41) is 10.8. The Labute approximate surface area is 128 Å². The lowest BCUT2D eigenvalue weighted by Gasteiger charge is -2.13. The van der Waals surface area contributed by atoms with Crippen LogP contribution in [0, 0.1) is 30.9 Å². The summed E-state index contributed by atoms with van der Waals surface area (Å²) in [6.45, 7) is 5.03. The summed E-state index contributed by atoms with van der Waals surface area (Å²) in [6, 6.07) is 8.92. The maximum atomic E-state index is 12.5. The van der Waals surface area contributed by atoms with Crippen LogP contribution in [0.15, 0.2) is 41.3 Å². The lowest BCUT2D eigenvalue weighted by atomic mass is 10.1. The first kappa shape index (κ1) is 16.0. The summed E-state index contributed by atoms with van der Waals surface area (Å²) in [7, 11) is -4.15. The second-order valence-electron chi connectivity index (χ2n) is 4.97. The number of non-ortho nitro benzene ring substituents is 1. The van der Waals surface area contributed by atoms with E-state index in [0.717, 1.165) is 6.07 Å². The standard InChI is InChI=1S/C15H15NO5S/c1-10-7-8-13(16(17)18)9-14(10)22(19,20)21-15-11(2)5-4-6-12(15)3/h4-9H,1-3H3. The molecule has 0 aliphatic carbocycles. The minimum atomic E-state index is -4.15. The van der Waals surface area contributed by atoms with E-state index in [2.05, 4.69) is 0 Å². The molecule has 2 aromatic carbocycles. The van der Waals surface area contributed by atoms with Gasteiger partial charge in [0, 0.05) is 12.1 Å². The molecule has 22 heavy (non-hydrogen) atoms. The first-order chi connectivity index (χ1) is 10.2. The predicted octanol–water partition coefficient (Wildman–Crippen LogP) is 3.29. The van der Waals surface area contributed by atoms with Gasteiger partial charge in [0.05, 0.1) is 4.92 Å². The molecule has 2 rings (SSSR count). The van der Waals surface area contributed by atoms with Gasteiger partial charge in [-0.25, -0.2) is 0 Å². The monoisotopic (exact) mass is 321 g/mol. The Hall–Kier alpha value is -2.41. The molecule has 0 heterocycles. The third kappa shape index (κ3) is 3.09. The normalized spacial score (nSPS) is 11.2. The van der Waals surface area contributed by atoms with Crippen LogP contribution in [0.4, 0.5) is 5.69 Å². The van der Waals surface area contributed by atoms with Crippen molar-refractivity contribution in [1.29, 1.82) is 0 Å². The molecule has 0 N–H and O–H groups in total. The maximum Gasteiger partial charge on any atom is 0.339 e. The Kier molecular flexibility index (Phi) is 4.18. The zero-order chi connectivity index (χ0) is 16.5. The number of hydrogen-bond acceptors (Lipinski definition) is 5. The fourth-order valence-electron chi connectivity index (χ4n) is 2.06. The van der Waals surface area contributed by atoms with E-state index in [-0.39, 0.29) is 16.3 Å². The molecular weight excluding hydrogens is 306 g/mol. The summed E-state index contributed by atoms with van der Waals surface area (Å²) < 4.78 is 30.1. The molecule has 116 valence electrons. The Morgan fingerprint density at radius 3 is 2.14 bits per heavy atom. The minimum absolute atomic E-state index is 0.204. The molecule has 2 aromatic rings. The van der Waals surface area contributed by atoms with Gasteiger partial charge in [-0.1, -0.05) is 24.3 Å². The van der Waals surface area contributed by atoms with E-state index in [4.69, 9.17) is 4.18 Å². The molecule has 0 aliphatic rings. The molecule has 0 aliphatic heterocycles. The molecule has 0 amide bonds. The molecular formula is C15H15NO5S. The molecule has 0 saturated heterocycles. The first-order valence-electron chi connectivity index (χ1n) is 6.48. The SMILES string of the molecule is Cc1ccc([N+](=O)[O-])cc1S(=O)(=O)Oc1c(C)cccc1C. The summed E-state index contributed by atoms with van der Waals surface area (Å²) in [5.41, 5.74) is 1.43. The van der Waals surface area contributed by atoms with Crippen molar-refractivity contribution in [1.82, 2.24) is 0 Å². The highest BCUT2D eigenvalue weighted by Crippen LogP contribution is 2.29. The van der Waals surface area contributed by atoms with Crippen LogP contribution in [0.3, 0.4) is 0 Å². The van der Waals surface area contributed by atoms with E-state index in [9.17, 15) is 18.5 Å². The smallest absolute Gasteiger partial charge is 0.339 e. The Balaban J connectivity index is 2.52. The van der Waals surface area contributed by atoms with Gasteiger partial charge in [-0.3, -0.25) is 10.1 Å². The molecule has 0 unspecified atom stereocenters. The predicted molar refractivity (Wildman–Crippen MR) is 81.6 cm³/mol. The van der Waals surface area contributed by atoms with Crippen molar-refractivity contribution in [2.75, 3.05) is 0 Å². The number of nitrogens with zero attached hydrogens (tertiary/aromatic N) is 1. The number of hydrogen-bond donors (Lipinski definition) is 0. The minimum Gasteiger partial charge on any atom is -0.378 e. The molecule has 0 saturated carbocycles. The van der Waals surface area contributed by atoms with Crippen LogP contribution >= 0.6 is 0 Å². The van der Waals surface area contributed by atoms with E-state index in [1.165, 1.54) is 12.1 Å². The van der Waals surface area contributed by atoms with Crippen molar-refractivity contribution in [3.63, 3.8) is 0 Å². The van der Waals surface area contributed by atoms with Crippen molar-refractivity contribution in [2.45, 2.75) is 25.7 Å². The second kappa shape index (κ2) is 5.76. The lowest BCUT2D eigenvalue weighted by Crippen LogP contribution is -2.13. The zero-order valence-corrected chi connectivity index (χ0v) is 13.2. The molecule has 0 aromatic heterocycles. The van der Waals surface area contributed by atoms with Crippen molar-refractivity contribution < 1.29 is 17.5 Å². The van der Waals surface area contributed by atoms with Crippen molar-refractivity contribution in [3.8, 4) is 5.75 Å². The van der Waals surface area contributed by atoms with Gasteiger partial charge in [-0.15, -0.1) is 0 Å². The van der Waals surface area contributed by atoms with E-state index < -0.39 is 15.0 Å². The highest BCUT2D eigenvalue weighted by atomic mass is 32.2. The summed E-state index contributed by atoms with van der Waals surface area (Å²) in [6.07, 6.45) is 0. The van der Waals surface area contributed by atoms with Crippen molar-refractivity contribution >= 4 is 15.8 Å². The van der Waals surface area contributed by atoms with E-state index >= 15 is 0 Å². The summed E-state index contributed by atoms with van der Waals surface area (Å²) in [5.74, 6) is 0.244. The van der Waals surface area contributed by atoms with Gasteiger partial charge in [-0.2, -0.15) is 8.42 Å². The first-order valence-corrected chi connectivity index (χ1v) is 7.89. The van der Waals surface area contributed by atoms with Crippen LogP contribution in [0.25, 0.3) is 0 Å². The number of para-hydroxylation sites is 1. The Bertz CT molecular complexity index is 823. The number of aryl methyl sites for hydroxylation is 3. The van der Waals surface area contributed by atoms with Gasteiger partial charge in [-0.05, 0) is 37.5 Å². The molecule has 0 spiro atoms. The van der Waals surface area contributed by atoms with Crippen LogP contribution in [0.5, 0.6) is 5.75 Å². The van der Waals surface area contributed by atoms with Crippen molar-refractivity contribution in [2.24, 2.45) is 0 Å². The van der Waals surface area contributed by atoms with Gasteiger partial charge in [0.2, 0.25) is 0 Å². The van der Waals surface area contributed by atoms with Gasteiger partial charge < -0.3 is 4.18 Å². The van der Waals surface area contributed by atoms with E-state index in [1.807, 2.05) is 0 Å². The third-order valence-electron chi connectivity index (χ3n) is 3.25. The van der Waals surface area contributed by atoms with E-state index in [0.29, 0.717) is 16.7 Å². The fraction of sp³-hybridized carbons (Fsp3) is 0.200. The quantitative estimate of drug-likeness (QED) is 0.490. The van der Waals surface area contributed by atoms with Gasteiger partial charge >= 0.3 is 10.1 Å². The molecule has 0 atom stereocenters. The molecule has 0 bridgehead atoms. The Morgan fingerprint density at radius 1 is 1.00 bits per heavy atom. The van der Waals surface area contributed by atoms with Crippen molar-refractivity contribution in [3.05, 3.63) is 63.2 Å². The summed E-state index contributed by atoms with van der Waals surface area (Å²) in [4.78, 5) is 9.98. The maximum absolute atomic E-state index is 12.5. The zero-order valence-electron chi connectivity index (χ0n) is 12.4. The average molecular weight is 321 g/mol. The van der Waals surface area contributed by atoms with Crippen LogP contribution in [0.2, 0.25) is 0 Å². The number of nitro benzene ring substituents is 1. The van der Waals surface area contributed by atoms with Gasteiger partial charge in [0.25, 0.3) is 5.69 Å². The van der Waals surface area contributed by atoms with Crippen LogP contribution in [-0.2, 0) is 10.1 Å². The highest BCUT2D eigenvalue weighted by Gasteiger charge is 2.24. The number of nitro groups is 1. The molecule has 7 heteroatoms. The molecule has 0 radical (unpaired) electrons. The second-order valence-corrected chi connectivity index (χ2v) is 6.48. The largest absolute Gasteiger partial charge is 0.378 e. The topological polar surface area (TPSA) is 86.5 Å². The van der Waals surface area contributed by atoms with Gasteiger partial charge in [0.1, 0.15) is 10.6 Å². The third-order valence-corrected chi connectivity index (χ3v) is 4.62. The van der Waals surface area contributed by atoms with Crippen LogP contribution < -0.4 is 4.18 Å². The van der Waals surface area contributed by atoms with E-state index in [1.54, 1.807) is 39.0 Å². The Morgan fingerprint density at radius 2 is 1.59 bits per heavy atom. The number of rotatable bonds is 4. The molecule has 6 nitrogen and oxygen atoms in total. The fourth-order valence-corrected chi connectivity index (χ4v) is 3.36. The number of benzene rings is 2. The highest BCUT2D eigenvalue weighted by molar-refractivity contribution is 7.87. The summed E-state index contributed by atoms with van der Waals surface area (Å²) >= 11 is 0. The van der Waals surface area contributed by atoms with Gasteiger partial charge in [0.15, 0.2) is 0 Å². The lowest BCUT2D eigenvalue weighted by molar-refractivity contribution is -0.385. The average Bonchev–Trinajstić information content (AvgIpc) is 2.43.